The summed E-state index contributed by atoms with van der Waals surface area (Å²) in [7, 11) is 0. The van der Waals surface area contributed by atoms with Crippen molar-refractivity contribution in [2.45, 2.75) is 84.0 Å². The van der Waals surface area contributed by atoms with E-state index in [1.807, 2.05) is 0 Å². The SMILES string of the molecule is C#C[C@H]1CC[C@H](CC[C@H]2CC[C@H](CCC)CC2)CC1. The Hall–Kier alpha value is -0.440. The van der Waals surface area contributed by atoms with Gasteiger partial charge in [-0.25, -0.2) is 0 Å². The largest absolute Gasteiger partial charge is 0.120 e. The third-order valence-corrected chi connectivity index (χ3v) is 5.73. The van der Waals surface area contributed by atoms with Crippen molar-refractivity contribution in [1.29, 1.82) is 0 Å². The summed E-state index contributed by atoms with van der Waals surface area (Å²) in [5.74, 6) is 6.66. The number of hydrogen-bond acceptors (Lipinski definition) is 0. The third kappa shape index (κ3) is 4.87. The summed E-state index contributed by atoms with van der Waals surface area (Å²) in [5, 5.41) is 0. The van der Waals surface area contributed by atoms with Crippen molar-refractivity contribution in [1.82, 2.24) is 0 Å². The van der Waals surface area contributed by atoms with Gasteiger partial charge in [-0.15, -0.1) is 12.3 Å². The van der Waals surface area contributed by atoms with Crippen LogP contribution in [0, 0.1) is 36.0 Å². The Balaban J connectivity index is 1.58. The van der Waals surface area contributed by atoms with E-state index in [0.29, 0.717) is 5.92 Å². The molecular weight excluding hydrogens is 228 g/mol. The van der Waals surface area contributed by atoms with Gasteiger partial charge in [0.25, 0.3) is 0 Å². The van der Waals surface area contributed by atoms with Gasteiger partial charge in [0.2, 0.25) is 0 Å². The van der Waals surface area contributed by atoms with Gasteiger partial charge in [-0.1, -0.05) is 58.3 Å². The molecule has 0 N–H and O–H groups in total. The molecule has 0 spiro atoms. The lowest BCUT2D eigenvalue weighted by Crippen LogP contribution is -2.17. The molecule has 0 saturated heterocycles. The highest BCUT2D eigenvalue weighted by molar-refractivity contribution is 4.95. The molecule has 2 fully saturated rings. The van der Waals surface area contributed by atoms with Crippen LogP contribution in [0.4, 0.5) is 0 Å². The Morgan fingerprint density at radius 2 is 1.16 bits per heavy atom. The smallest absolute Gasteiger partial charge is 0.0200 e. The predicted molar refractivity (Wildman–Crippen MR) is 83.9 cm³/mol. The topological polar surface area (TPSA) is 0 Å². The molecule has 0 unspecified atom stereocenters. The molecule has 2 aliphatic rings. The van der Waals surface area contributed by atoms with Gasteiger partial charge in [0.15, 0.2) is 0 Å². The Morgan fingerprint density at radius 1 is 0.737 bits per heavy atom. The summed E-state index contributed by atoms with van der Waals surface area (Å²) in [6, 6.07) is 0. The fourth-order valence-corrected chi connectivity index (χ4v) is 4.31. The zero-order valence-electron chi connectivity index (χ0n) is 12.9. The highest BCUT2D eigenvalue weighted by Crippen LogP contribution is 2.37. The summed E-state index contributed by atoms with van der Waals surface area (Å²) < 4.78 is 0. The van der Waals surface area contributed by atoms with E-state index in [-0.39, 0.29) is 0 Å². The lowest BCUT2D eigenvalue weighted by atomic mass is 9.75. The number of rotatable bonds is 5. The summed E-state index contributed by atoms with van der Waals surface area (Å²) >= 11 is 0. The van der Waals surface area contributed by atoms with Crippen molar-refractivity contribution in [3.63, 3.8) is 0 Å². The minimum absolute atomic E-state index is 0.598. The fourth-order valence-electron chi connectivity index (χ4n) is 4.31. The van der Waals surface area contributed by atoms with E-state index in [1.165, 1.54) is 77.0 Å². The van der Waals surface area contributed by atoms with E-state index in [4.69, 9.17) is 6.42 Å². The van der Waals surface area contributed by atoms with E-state index >= 15 is 0 Å². The second-order valence-corrected chi connectivity index (χ2v) is 7.14. The van der Waals surface area contributed by atoms with Crippen LogP contribution in [0.25, 0.3) is 0 Å². The van der Waals surface area contributed by atoms with Gasteiger partial charge in [-0.3, -0.25) is 0 Å². The van der Waals surface area contributed by atoms with Gasteiger partial charge in [0.1, 0.15) is 0 Å². The van der Waals surface area contributed by atoms with Crippen molar-refractivity contribution in [2.75, 3.05) is 0 Å². The molecule has 19 heavy (non-hydrogen) atoms. The molecule has 0 heterocycles. The van der Waals surface area contributed by atoms with Crippen LogP contribution in [0.5, 0.6) is 0 Å². The maximum Gasteiger partial charge on any atom is 0.0200 e. The van der Waals surface area contributed by atoms with Crippen LogP contribution in [-0.2, 0) is 0 Å². The second-order valence-electron chi connectivity index (χ2n) is 7.14. The van der Waals surface area contributed by atoms with Crippen LogP contribution in [-0.4, -0.2) is 0 Å². The average molecular weight is 260 g/mol. The fraction of sp³-hybridized carbons (Fsp3) is 0.895. The summed E-state index contributed by atoms with van der Waals surface area (Å²) in [6.07, 6.45) is 22.8. The van der Waals surface area contributed by atoms with E-state index in [9.17, 15) is 0 Å². The average Bonchev–Trinajstić information content (AvgIpc) is 2.47. The molecule has 2 aliphatic carbocycles. The minimum Gasteiger partial charge on any atom is -0.120 e. The maximum atomic E-state index is 5.53. The molecule has 0 aromatic heterocycles. The minimum atomic E-state index is 0.598. The van der Waals surface area contributed by atoms with Gasteiger partial charge in [0, 0.05) is 5.92 Å². The number of hydrogen-bond donors (Lipinski definition) is 0. The Morgan fingerprint density at radius 3 is 1.58 bits per heavy atom. The van der Waals surface area contributed by atoms with Gasteiger partial charge < -0.3 is 0 Å². The Labute approximate surface area is 120 Å². The summed E-state index contributed by atoms with van der Waals surface area (Å²) in [6.45, 7) is 2.33. The molecule has 0 atom stereocenters. The molecule has 0 heteroatoms. The first-order chi connectivity index (χ1) is 9.31. The molecular formula is C19H32. The van der Waals surface area contributed by atoms with Crippen molar-refractivity contribution in [3.05, 3.63) is 0 Å². The first-order valence-corrected chi connectivity index (χ1v) is 8.78. The molecule has 0 aliphatic heterocycles. The normalized spacial score (nSPS) is 35.8. The van der Waals surface area contributed by atoms with E-state index in [2.05, 4.69) is 12.8 Å². The zero-order chi connectivity index (χ0) is 13.5. The molecule has 2 rings (SSSR count). The standard InChI is InChI=1S/C19H32/c1-3-5-17-10-12-19(13-11-17)15-14-18-8-6-16(4-2)7-9-18/h2,16-19H,3,5-15H2,1H3/t16-,17-,18-,19-. The zero-order valence-corrected chi connectivity index (χ0v) is 12.9. The van der Waals surface area contributed by atoms with E-state index < -0.39 is 0 Å². The molecule has 108 valence electrons. The second kappa shape index (κ2) is 7.98. The Kier molecular flexibility index (Phi) is 6.29. The van der Waals surface area contributed by atoms with E-state index in [0.717, 1.165) is 17.8 Å². The van der Waals surface area contributed by atoms with Crippen LogP contribution in [0.2, 0.25) is 0 Å². The summed E-state index contributed by atoms with van der Waals surface area (Å²) in [4.78, 5) is 0. The molecule has 0 amide bonds. The van der Waals surface area contributed by atoms with Crippen molar-refractivity contribution >= 4 is 0 Å². The number of terminal acetylenes is 1. The summed E-state index contributed by atoms with van der Waals surface area (Å²) in [5.41, 5.74) is 0. The lowest BCUT2D eigenvalue weighted by Gasteiger charge is -2.31. The van der Waals surface area contributed by atoms with Crippen LogP contribution < -0.4 is 0 Å². The Bertz CT molecular complexity index is 269. The van der Waals surface area contributed by atoms with Gasteiger partial charge in [0.05, 0.1) is 0 Å². The molecule has 2 saturated carbocycles. The van der Waals surface area contributed by atoms with Crippen LogP contribution in [0.1, 0.15) is 84.0 Å². The van der Waals surface area contributed by atoms with Crippen molar-refractivity contribution in [3.8, 4) is 12.3 Å². The highest BCUT2D eigenvalue weighted by Gasteiger charge is 2.23. The molecule has 0 radical (unpaired) electrons. The molecule has 0 nitrogen and oxygen atoms in total. The lowest BCUT2D eigenvalue weighted by molar-refractivity contribution is 0.222. The maximum absolute atomic E-state index is 5.53. The first-order valence-electron chi connectivity index (χ1n) is 8.78. The molecule has 0 aromatic carbocycles. The monoisotopic (exact) mass is 260 g/mol. The molecule has 0 bridgehead atoms. The van der Waals surface area contributed by atoms with Gasteiger partial charge in [-0.05, 0) is 43.4 Å². The predicted octanol–water partition coefficient (Wildman–Crippen LogP) is 5.81. The molecule has 0 aromatic rings. The van der Waals surface area contributed by atoms with Crippen LogP contribution in [0.15, 0.2) is 0 Å². The van der Waals surface area contributed by atoms with Gasteiger partial charge >= 0.3 is 0 Å². The van der Waals surface area contributed by atoms with Crippen molar-refractivity contribution in [2.24, 2.45) is 23.7 Å². The third-order valence-electron chi connectivity index (χ3n) is 5.73. The van der Waals surface area contributed by atoms with E-state index in [1.54, 1.807) is 0 Å². The quantitative estimate of drug-likeness (QED) is 0.547. The van der Waals surface area contributed by atoms with Gasteiger partial charge in [-0.2, -0.15) is 0 Å². The highest BCUT2D eigenvalue weighted by atomic mass is 14.3. The van der Waals surface area contributed by atoms with Crippen LogP contribution >= 0.6 is 0 Å². The van der Waals surface area contributed by atoms with Crippen molar-refractivity contribution < 1.29 is 0 Å². The first kappa shape index (κ1) is 15.0. The van der Waals surface area contributed by atoms with Crippen LogP contribution in [0.3, 0.4) is 0 Å².